The third kappa shape index (κ3) is 3.43. The number of hydrogen-bond acceptors (Lipinski definition) is 5. The van der Waals surface area contributed by atoms with Crippen LogP contribution in [0, 0.1) is 23.7 Å². The fourth-order valence-electron chi connectivity index (χ4n) is 4.93. The van der Waals surface area contributed by atoms with Crippen LogP contribution in [0.5, 0.6) is 0 Å². The molecule has 2 bridgehead atoms. The van der Waals surface area contributed by atoms with Crippen molar-refractivity contribution >= 4 is 27.5 Å². The van der Waals surface area contributed by atoms with Crippen LogP contribution in [-0.2, 0) is 26.0 Å². The number of benzene rings is 1. The number of ketones is 1. The van der Waals surface area contributed by atoms with Crippen LogP contribution in [-0.4, -0.2) is 37.1 Å². The lowest BCUT2D eigenvalue weighted by Crippen LogP contribution is -2.43. The number of Topliss-reactive ketones (excluding diaryl/α,β-unsaturated/α-hetero) is 1. The molecule has 0 radical (unpaired) electrons. The van der Waals surface area contributed by atoms with Crippen molar-refractivity contribution in [1.29, 1.82) is 0 Å². The van der Waals surface area contributed by atoms with Gasteiger partial charge < -0.3 is 10.8 Å². The molecule has 2 saturated carbocycles. The highest BCUT2D eigenvalue weighted by atomic mass is 32.2. The zero-order chi connectivity index (χ0) is 20.9. The Morgan fingerprint density at radius 3 is 2.61 bits per heavy atom. The summed E-state index contributed by atoms with van der Waals surface area (Å²) in [4.78, 5) is 23.6. The van der Waals surface area contributed by atoms with E-state index in [0.29, 0.717) is 24.1 Å². The molecule has 0 aliphatic heterocycles. The lowest BCUT2D eigenvalue weighted by Gasteiger charge is -2.36. The van der Waals surface area contributed by atoms with Gasteiger partial charge in [0.15, 0.2) is 0 Å². The maximum Gasteiger partial charge on any atom is 0.320 e. The van der Waals surface area contributed by atoms with Crippen molar-refractivity contribution in [2.24, 2.45) is 22.5 Å². The maximum absolute atomic E-state index is 12.9. The Balaban J connectivity index is 1.82. The SMILES string of the molecule is Cc1ccc(NS(=O)(=O)CC23CCC(CC2=O)C3(C)C)cc1C[C@H](N)C(=O)O. The molecule has 28 heavy (non-hydrogen) atoms. The summed E-state index contributed by atoms with van der Waals surface area (Å²) in [5.74, 6) is -1.03. The van der Waals surface area contributed by atoms with Crippen molar-refractivity contribution in [2.45, 2.75) is 52.5 Å². The van der Waals surface area contributed by atoms with Gasteiger partial charge in [0.05, 0.1) is 11.2 Å². The third-order valence-corrected chi connectivity index (χ3v) is 8.37. The summed E-state index contributed by atoms with van der Waals surface area (Å²) in [5, 5.41) is 9.01. The van der Waals surface area contributed by atoms with Gasteiger partial charge in [0.25, 0.3) is 0 Å². The summed E-state index contributed by atoms with van der Waals surface area (Å²) < 4.78 is 28.4. The average Bonchev–Trinajstić information content (AvgIpc) is 2.91. The fraction of sp³-hybridized carbons (Fsp3) is 0.600. The van der Waals surface area contributed by atoms with E-state index in [4.69, 9.17) is 10.8 Å². The van der Waals surface area contributed by atoms with E-state index >= 15 is 0 Å². The number of carboxylic acid groups (broad SMARTS) is 1. The predicted molar refractivity (Wildman–Crippen MR) is 106 cm³/mol. The van der Waals surface area contributed by atoms with Gasteiger partial charge in [-0.2, -0.15) is 0 Å². The Morgan fingerprint density at radius 2 is 2.07 bits per heavy atom. The monoisotopic (exact) mass is 408 g/mol. The number of rotatable bonds is 7. The minimum Gasteiger partial charge on any atom is -0.480 e. The second-order valence-electron chi connectivity index (χ2n) is 8.82. The molecule has 154 valence electrons. The Labute approximate surface area is 165 Å². The number of aliphatic carboxylic acids is 1. The summed E-state index contributed by atoms with van der Waals surface area (Å²) in [6.45, 7) is 5.82. The molecule has 8 heteroatoms. The van der Waals surface area contributed by atoms with Gasteiger partial charge in [-0.15, -0.1) is 0 Å². The largest absolute Gasteiger partial charge is 0.480 e. The molecule has 2 fully saturated rings. The Morgan fingerprint density at radius 1 is 1.39 bits per heavy atom. The molecule has 2 unspecified atom stereocenters. The van der Waals surface area contributed by atoms with E-state index in [2.05, 4.69) is 4.72 Å². The van der Waals surface area contributed by atoms with Gasteiger partial charge in [0, 0.05) is 12.1 Å². The number of carbonyl (C=O) groups is 2. The van der Waals surface area contributed by atoms with E-state index in [1.165, 1.54) is 0 Å². The Bertz CT molecular complexity index is 925. The van der Waals surface area contributed by atoms with Crippen LogP contribution in [0.2, 0.25) is 0 Å². The molecule has 4 N–H and O–H groups in total. The lowest BCUT2D eigenvalue weighted by atomic mass is 9.70. The van der Waals surface area contributed by atoms with Gasteiger partial charge in [-0.25, -0.2) is 8.42 Å². The minimum atomic E-state index is -3.76. The van der Waals surface area contributed by atoms with Gasteiger partial charge in [0.2, 0.25) is 10.0 Å². The highest BCUT2D eigenvalue weighted by molar-refractivity contribution is 7.92. The standard InChI is InChI=1S/C20H28N2O5S/c1-12-4-5-15(8-13(12)9-16(21)18(24)25)22-28(26,27)11-20-7-6-14(10-17(20)23)19(20,2)3/h4-5,8,14,16,22H,6-7,9-11,21H2,1-3H3,(H,24,25)/t14?,16-,20?/m0/s1. The normalized spacial score (nSPS) is 27.0. The van der Waals surface area contributed by atoms with E-state index in [9.17, 15) is 18.0 Å². The molecule has 2 aliphatic rings. The second-order valence-corrected chi connectivity index (χ2v) is 10.5. The molecule has 2 aliphatic carbocycles. The van der Waals surface area contributed by atoms with Crippen molar-refractivity contribution in [3.05, 3.63) is 29.3 Å². The molecule has 3 rings (SSSR count). The second kappa shape index (κ2) is 6.84. The van der Waals surface area contributed by atoms with Crippen LogP contribution in [0.3, 0.4) is 0 Å². The van der Waals surface area contributed by atoms with Gasteiger partial charge in [-0.05, 0) is 60.8 Å². The first-order valence-electron chi connectivity index (χ1n) is 9.50. The van der Waals surface area contributed by atoms with E-state index < -0.39 is 27.4 Å². The van der Waals surface area contributed by atoms with Gasteiger partial charge >= 0.3 is 5.97 Å². The van der Waals surface area contributed by atoms with Gasteiger partial charge in [-0.3, -0.25) is 14.3 Å². The molecule has 1 aromatic carbocycles. The molecule has 1 aromatic rings. The van der Waals surface area contributed by atoms with Crippen LogP contribution >= 0.6 is 0 Å². The number of aryl methyl sites for hydroxylation is 1. The molecule has 7 nitrogen and oxygen atoms in total. The van der Waals surface area contributed by atoms with E-state index in [-0.39, 0.29) is 29.3 Å². The van der Waals surface area contributed by atoms with Crippen LogP contribution in [0.4, 0.5) is 5.69 Å². The number of nitrogens with one attached hydrogen (secondary N) is 1. The average molecular weight is 409 g/mol. The summed E-state index contributed by atoms with van der Waals surface area (Å²) >= 11 is 0. The number of sulfonamides is 1. The molecular weight excluding hydrogens is 380 g/mol. The predicted octanol–water partition coefficient (Wildman–Crippen LogP) is 2.09. The number of nitrogens with two attached hydrogens (primary N) is 1. The van der Waals surface area contributed by atoms with Crippen molar-refractivity contribution in [3.8, 4) is 0 Å². The van der Waals surface area contributed by atoms with E-state index in [1.54, 1.807) is 18.2 Å². The zero-order valence-electron chi connectivity index (χ0n) is 16.5. The smallest absolute Gasteiger partial charge is 0.320 e. The quantitative estimate of drug-likeness (QED) is 0.634. The summed E-state index contributed by atoms with van der Waals surface area (Å²) in [7, 11) is -3.76. The first-order valence-corrected chi connectivity index (χ1v) is 11.1. The summed E-state index contributed by atoms with van der Waals surface area (Å²) in [5.41, 5.74) is 6.32. The molecule has 0 spiro atoms. The van der Waals surface area contributed by atoms with Crippen LogP contribution in [0.25, 0.3) is 0 Å². The number of carbonyl (C=O) groups excluding carboxylic acids is 1. The molecule has 0 heterocycles. The number of fused-ring (bicyclic) bond motifs is 2. The van der Waals surface area contributed by atoms with Gasteiger partial charge in [-0.1, -0.05) is 19.9 Å². The van der Waals surface area contributed by atoms with E-state index in [1.807, 2.05) is 20.8 Å². The van der Waals surface area contributed by atoms with Crippen molar-refractivity contribution in [1.82, 2.24) is 0 Å². The maximum atomic E-state index is 12.9. The molecule has 3 atom stereocenters. The van der Waals surface area contributed by atoms with Crippen LogP contribution in [0.1, 0.15) is 44.2 Å². The number of hydrogen-bond donors (Lipinski definition) is 3. The third-order valence-electron chi connectivity index (χ3n) is 6.96. The molecule has 0 aromatic heterocycles. The summed E-state index contributed by atoms with van der Waals surface area (Å²) in [6, 6.07) is 3.93. The van der Waals surface area contributed by atoms with Crippen molar-refractivity contribution < 1.29 is 23.1 Å². The van der Waals surface area contributed by atoms with Crippen molar-refractivity contribution in [2.75, 3.05) is 10.5 Å². The van der Waals surface area contributed by atoms with Crippen molar-refractivity contribution in [3.63, 3.8) is 0 Å². The molecule has 0 saturated heterocycles. The number of carboxylic acids is 1. The summed E-state index contributed by atoms with van der Waals surface area (Å²) in [6.07, 6.45) is 2.06. The van der Waals surface area contributed by atoms with Gasteiger partial charge in [0.1, 0.15) is 11.8 Å². The highest BCUT2D eigenvalue weighted by Gasteiger charge is 2.65. The van der Waals surface area contributed by atoms with Crippen LogP contribution < -0.4 is 10.5 Å². The highest BCUT2D eigenvalue weighted by Crippen LogP contribution is 2.64. The zero-order valence-corrected chi connectivity index (χ0v) is 17.3. The van der Waals surface area contributed by atoms with E-state index in [0.717, 1.165) is 12.0 Å². The number of anilines is 1. The lowest BCUT2D eigenvalue weighted by molar-refractivity contribution is -0.138. The van der Waals surface area contributed by atoms with Crippen LogP contribution in [0.15, 0.2) is 18.2 Å². The molecule has 0 amide bonds. The fourth-order valence-corrected chi connectivity index (χ4v) is 6.81. The minimum absolute atomic E-state index is 0.0520. The first-order chi connectivity index (χ1) is 12.9. The first kappa shape index (κ1) is 20.8. The molecular formula is C20H28N2O5S. The topological polar surface area (TPSA) is 127 Å². The Kier molecular flexibility index (Phi) is 5.08. The Hall–Kier alpha value is -1.93.